The number of esters is 2. The average molecular weight is 724 g/mol. The van der Waals surface area contributed by atoms with Gasteiger partial charge in [-0.2, -0.15) is 0 Å². The van der Waals surface area contributed by atoms with Gasteiger partial charge in [-0.05, 0) is 43.3 Å². The number of aliphatic hydroxyl groups is 1. The number of hydrogen-bond acceptors (Lipinski definition) is 13. The maximum Gasteiger partial charge on any atom is 0.338 e. The Bertz CT molecular complexity index is 1190. The van der Waals surface area contributed by atoms with Crippen LogP contribution in [0, 0.1) is 0 Å². The summed E-state index contributed by atoms with van der Waals surface area (Å²) in [6.07, 6.45) is -4.15. The predicted octanol–water partition coefficient (Wildman–Crippen LogP) is 5.26. The number of ether oxygens (including phenoxy) is 9. The molecule has 10 atom stereocenters. The minimum Gasteiger partial charge on any atom is -0.467 e. The predicted molar refractivity (Wildman–Crippen MR) is 185 cm³/mol. The van der Waals surface area contributed by atoms with Crippen LogP contribution >= 0.6 is 0 Å². The molecule has 2 aliphatic heterocycles. The molecule has 1 aromatic rings. The molecule has 51 heavy (non-hydrogen) atoms. The van der Waals surface area contributed by atoms with Crippen LogP contribution in [0.1, 0.15) is 89.4 Å². The van der Waals surface area contributed by atoms with Gasteiger partial charge in [0.2, 0.25) is 0 Å². The summed E-state index contributed by atoms with van der Waals surface area (Å²) in [5.74, 6) is -1.39. The van der Waals surface area contributed by atoms with E-state index in [1.165, 1.54) is 7.11 Å². The van der Waals surface area contributed by atoms with Crippen LogP contribution in [0.3, 0.4) is 0 Å². The summed E-state index contributed by atoms with van der Waals surface area (Å²) in [4.78, 5) is 29.3. The number of nitrogens with zero attached hydrogens (tertiary/aromatic N) is 3. The van der Waals surface area contributed by atoms with E-state index in [1.807, 2.05) is 27.7 Å². The van der Waals surface area contributed by atoms with Crippen molar-refractivity contribution in [2.75, 3.05) is 40.1 Å². The lowest BCUT2D eigenvalue weighted by molar-refractivity contribution is -0.346. The fourth-order valence-electron chi connectivity index (χ4n) is 5.79. The van der Waals surface area contributed by atoms with Gasteiger partial charge in [-0.15, -0.1) is 0 Å². The highest BCUT2D eigenvalue weighted by Gasteiger charge is 2.55. The molecule has 15 nitrogen and oxygen atoms in total. The molecule has 0 radical (unpaired) electrons. The van der Waals surface area contributed by atoms with Crippen molar-refractivity contribution in [2.24, 2.45) is 5.11 Å². The zero-order chi connectivity index (χ0) is 37.0. The number of methoxy groups -OCH3 is 1. The largest absolute Gasteiger partial charge is 0.467 e. The number of unbranched alkanes of at least 4 members (excludes halogenated alkanes) is 4. The van der Waals surface area contributed by atoms with Crippen LogP contribution in [0.4, 0.5) is 0 Å². The zero-order valence-electron chi connectivity index (χ0n) is 30.6. The van der Waals surface area contributed by atoms with Crippen molar-refractivity contribution in [3.05, 3.63) is 46.3 Å². The van der Waals surface area contributed by atoms with Gasteiger partial charge in [-0.25, -0.2) is 9.59 Å². The third kappa shape index (κ3) is 12.7. The lowest BCUT2D eigenvalue weighted by Gasteiger charge is -2.48. The van der Waals surface area contributed by atoms with Crippen LogP contribution in [0.25, 0.3) is 10.4 Å². The number of carbonyl (C=O) groups is 2. The fourth-order valence-corrected chi connectivity index (χ4v) is 5.79. The molecule has 2 saturated heterocycles. The molecule has 6 unspecified atom stereocenters. The summed E-state index contributed by atoms with van der Waals surface area (Å²) in [5, 5.41) is 15.1. The molecule has 0 bridgehead atoms. The standard InChI is InChI=1S/C36H57N3O12/c1-6-10-19-44-27-25(23-48-33(40)24-17-15-14-16-18-24)49-36(26(38-39-37)28(27)45-20-11-7-2)51-30-29(46-21-12-8-3)31(47-22-13-9-4)35(42)50-32(30)34(41)43-5/h14-18,25-32,35-36,42H,6-13,19-23H2,1-5H3/t25?,26?,27-,28?,29?,30+,31?,32?,35-,36+/m1/s1. The fraction of sp³-hybridized carbons (Fsp3) is 0.778. The highest BCUT2D eigenvalue weighted by molar-refractivity contribution is 5.89. The maximum atomic E-state index is 13.2. The molecule has 2 fully saturated rings. The number of azide groups is 1. The van der Waals surface area contributed by atoms with Crippen molar-refractivity contribution in [2.45, 2.75) is 140 Å². The highest BCUT2D eigenvalue weighted by atomic mass is 16.7. The Balaban J connectivity index is 2.05. The van der Waals surface area contributed by atoms with E-state index in [-0.39, 0.29) is 13.2 Å². The summed E-state index contributed by atoms with van der Waals surface area (Å²) in [7, 11) is 1.19. The third-order valence-electron chi connectivity index (χ3n) is 8.66. The van der Waals surface area contributed by atoms with Crippen molar-refractivity contribution in [3.8, 4) is 0 Å². The minimum absolute atomic E-state index is 0.250. The van der Waals surface area contributed by atoms with E-state index < -0.39 is 73.3 Å². The molecular weight excluding hydrogens is 666 g/mol. The molecule has 1 aromatic carbocycles. The first-order valence-electron chi connectivity index (χ1n) is 18.3. The van der Waals surface area contributed by atoms with Crippen molar-refractivity contribution >= 4 is 11.9 Å². The van der Waals surface area contributed by atoms with Gasteiger partial charge in [0.15, 0.2) is 18.7 Å². The first-order chi connectivity index (χ1) is 24.8. The van der Waals surface area contributed by atoms with Gasteiger partial charge in [0.25, 0.3) is 0 Å². The van der Waals surface area contributed by atoms with E-state index in [0.29, 0.717) is 44.6 Å². The smallest absolute Gasteiger partial charge is 0.338 e. The van der Waals surface area contributed by atoms with Crippen LogP contribution in [-0.4, -0.2) is 119 Å². The van der Waals surface area contributed by atoms with Crippen molar-refractivity contribution in [1.82, 2.24) is 0 Å². The lowest BCUT2D eigenvalue weighted by atomic mass is 9.95. The van der Waals surface area contributed by atoms with Gasteiger partial charge < -0.3 is 47.7 Å². The van der Waals surface area contributed by atoms with Gasteiger partial charge >= 0.3 is 11.9 Å². The second-order valence-electron chi connectivity index (χ2n) is 12.5. The summed E-state index contributed by atoms with van der Waals surface area (Å²) >= 11 is 0. The van der Waals surface area contributed by atoms with Crippen LogP contribution in [0.15, 0.2) is 35.4 Å². The molecule has 0 amide bonds. The van der Waals surface area contributed by atoms with Crippen LogP contribution in [-0.2, 0) is 47.4 Å². The normalized spacial score (nSPS) is 29.2. The van der Waals surface area contributed by atoms with Crippen LogP contribution in [0.5, 0.6) is 0 Å². The quantitative estimate of drug-likeness (QED) is 0.0508. The molecule has 0 saturated carbocycles. The zero-order valence-corrected chi connectivity index (χ0v) is 30.6. The SMILES string of the molecule is CCCCOC1C(N=[N+]=[N-])[C@H](O[C@@H]2C(C(=O)OC)O[C@@H](O)C(OCCCC)C2OCCCC)OC(COC(=O)c2ccccc2)[C@H]1OCCCC. The van der Waals surface area contributed by atoms with Crippen LogP contribution < -0.4 is 0 Å². The molecule has 2 aliphatic rings. The summed E-state index contributed by atoms with van der Waals surface area (Å²) in [6.45, 7) is 9.04. The second kappa shape index (κ2) is 23.7. The highest BCUT2D eigenvalue weighted by Crippen LogP contribution is 2.35. The molecule has 0 aliphatic carbocycles. The van der Waals surface area contributed by atoms with E-state index >= 15 is 0 Å². The van der Waals surface area contributed by atoms with Gasteiger partial charge in [0, 0.05) is 31.3 Å². The molecule has 1 N–H and O–H groups in total. The Morgan fingerprint density at radius 2 is 1.33 bits per heavy atom. The van der Waals surface area contributed by atoms with Crippen LogP contribution in [0.2, 0.25) is 0 Å². The van der Waals surface area contributed by atoms with E-state index in [2.05, 4.69) is 10.0 Å². The number of carbonyl (C=O) groups excluding carboxylic acids is 2. The van der Waals surface area contributed by atoms with Gasteiger partial charge in [0.05, 0.1) is 18.8 Å². The summed E-state index contributed by atoms with van der Waals surface area (Å²) in [5.41, 5.74) is 10.1. The molecule has 15 heteroatoms. The van der Waals surface area contributed by atoms with E-state index in [4.69, 9.17) is 42.6 Å². The Labute approximate surface area is 301 Å². The van der Waals surface area contributed by atoms with Gasteiger partial charge in [-0.1, -0.05) is 76.7 Å². The van der Waals surface area contributed by atoms with E-state index in [9.17, 15) is 20.2 Å². The monoisotopic (exact) mass is 723 g/mol. The molecule has 3 rings (SSSR count). The van der Waals surface area contributed by atoms with Gasteiger partial charge in [0.1, 0.15) is 43.2 Å². The number of rotatable bonds is 23. The topological polar surface area (TPSA) is 186 Å². The average Bonchev–Trinajstić information content (AvgIpc) is 3.14. The van der Waals surface area contributed by atoms with E-state index in [1.54, 1.807) is 30.3 Å². The first kappa shape index (κ1) is 42.6. The Kier molecular flexibility index (Phi) is 19.7. The first-order valence-corrected chi connectivity index (χ1v) is 18.3. The third-order valence-corrected chi connectivity index (χ3v) is 8.66. The minimum atomic E-state index is -1.54. The molecular formula is C36H57N3O12. The Morgan fingerprint density at radius 1 is 0.784 bits per heavy atom. The Hall–Kier alpha value is -2.85. The molecule has 0 spiro atoms. The number of hydrogen-bond donors (Lipinski definition) is 1. The maximum absolute atomic E-state index is 13.2. The summed E-state index contributed by atoms with van der Waals surface area (Å²) in [6, 6.07) is 7.41. The van der Waals surface area contributed by atoms with Crippen molar-refractivity contribution in [1.29, 1.82) is 0 Å². The summed E-state index contributed by atoms with van der Waals surface area (Å²) < 4.78 is 54.7. The molecule has 0 aromatic heterocycles. The number of benzene rings is 1. The van der Waals surface area contributed by atoms with Gasteiger partial charge in [-0.3, -0.25) is 0 Å². The second-order valence-corrected chi connectivity index (χ2v) is 12.5. The van der Waals surface area contributed by atoms with E-state index in [0.717, 1.165) is 32.1 Å². The van der Waals surface area contributed by atoms with Crippen molar-refractivity contribution < 1.29 is 57.3 Å². The molecule has 288 valence electrons. The lowest BCUT2D eigenvalue weighted by Crippen LogP contribution is -2.66. The number of aliphatic hydroxyl groups excluding tert-OH is 1. The molecule has 2 heterocycles. The Morgan fingerprint density at radius 3 is 1.88 bits per heavy atom. The van der Waals surface area contributed by atoms with Crippen molar-refractivity contribution in [3.63, 3.8) is 0 Å².